The van der Waals surface area contributed by atoms with E-state index in [4.69, 9.17) is 14.0 Å². The van der Waals surface area contributed by atoms with E-state index in [0.29, 0.717) is 0 Å². The van der Waals surface area contributed by atoms with Crippen LogP contribution in [0.15, 0.2) is 35.9 Å². The normalized spacial score (nSPS) is 18.7. The zero-order chi connectivity index (χ0) is 22.3. The third-order valence-corrected chi connectivity index (χ3v) is 5.65. The maximum atomic E-state index is 12.2. The van der Waals surface area contributed by atoms with Crippen LogP contribution in [0.25, 0.3) is 17.0 Å². The number of hydrogen-bond acceptors (Lipinski definition) is 4. The summed E-state index contributed by atoms with van der Waals surface area (Å²) in [6, 6.07) is 8.35. The Labute approximate surface area is 179 Å². The summed E-state index contributed by atoms with van der Waals surface area (Å²) in [6.45, 7) is 13.8. The number of ether oxygens (including phenoxy) is 1. The first-order chi connectivity index (χ1) is 13.8. The van der Waals surface area contributed by atoms with Crippen LogP contribution in [0.2, 0.25) is 0 Å². The van der Waals surface area contributed by atoms with Crippen LogP contribution < -0.4 is 5.32 Å². The summed E-state index contributed by atoms with van der Waals surface area (Å²) in [7, 11) is 1.47. The average Bonchev–Trinajstić information content (AvgIpc) is 3.06. The van der Waals surface area contributed by atoms with Gasteiger partial charge in [-0.15, -0.1) is 0 Å². The lowest BCUT2D eigenvalue weighted by Gasteiger charge is -2.32. The molecule has 1 aromatic heterocycles. The van der Waals surface area contributed by atoms with Crippen molar-refractivity contribution in [1.82, 2.24) is 9.88 Å². The fourth-order valence-electron chi connectivity index (χ4n) is 3.29. The van der Waals surface area contributed by atoms with Gasteiger partial charge >= 0.3 is 13.2 Å². The predicted molar refractivity (Wildman–Crippen MR) is 121 cm³/mol. The molecule has 30 heavy (non-hydrogen) atoms. The summed E-state index contributed by atoms with van der Waals surface area (Å²) >= 11 is 0. The number of aryl methyl sites for hydroxylation is 1. The second-order valence-corrected chi connectivity index (χ2v) is 9.91. The predicted octanol–water partition coefficient (Wildman–Crippen LogP) is 4.72. The Bertz CT molecular complexity index is 953. The lowest BCUT2D eigenvalue weighted by atomic mass is 9.77. The minimum absolute atomic E-state index is 0.262. The highest BCUT2D eigenvalue weighted by molar-refractivity contribution is 6.56. The highest BCUT2D eigenvalue weighted by Crippen LogP contribution is 2.38. The molecule has 6 nitrogen and oxygen atoms in total. The summed E-state index contributed by atoms with van der Waals surface area (Å²) in [5.74, 6) is 0. The number of carbonyl (C=O) groups excluding carboxylic acids is 1. The van der Waals surface area contributed by atoms with Gasteiger partial charge in [-0.1, -0.05) is 12.1 Å². The van der Waals surface area contributed by atoms with Crippen molar-refractivity contribution >= 4 is 30.2 Å². The monoisotopic (exact) mass is 412 g/mol. The van der Waals surface area contributed by atoms with Crippen LogP contribution in [0.5, 0.6) is 0 Å². The molecule has 0 bridgehead atoms. The number of hydrogen-bond donors (Lipinski definition) is 1. The summed E-state index contributed by atoms with van der Waals surface area (Å²) < 4.78 is 19.9. The van der Waals surface area contributed by atoms with Gasteiger partial charge in [0.15, 0.2) is 0 Å². The molecule has 2 heterocycles. The van der Waals surface area contributed by atoms with Crippen LogP contribution in [-0.4, -0.2) is 41.1 Å². The molecular formula is C23H33BN2O4. The lowest BCUT2D eigenvalue weighted by Crippen LogP contribution is -2.41. The number of carbonyl (C=O) groups is 1. The van der Waals surface area contributed by atoms with Crippen molar-refractivity contribution in [3.05, 3.63) is 41.5 Å². The standard InChI is InChI=1S/C23H33BN2O4/c1-21(2,3)28-20(27)25-15-18(24-29-22(4,5)23(6,7)30-24)14-16-9-10-19-17(13-16)11-12-26(19)8/h9-14H,15H2,1-8H3,(H,25,27). The highest BCUT2D eigenvalue weighted by atomic mass is 16.7. The van der Waals surface area contributed by atoms with Gasteiger partial charge in [0.2, 0.25) is 0 Å². The molecule has 1 N–H and O–H groups in total. The average molecular weight is 412 g/mol. The number of rotatable bonds is 4. The number of benzene rings is 1. The Morgan fingerprint density at radius 1 is 1.17 bits per heavy atom. The fraction of sp³-hybridized carbons (Fsp3) is 0.522. The number of alkyl carbamates (subject to hydrolysis) is 1. The van der Waals surface area contributed by atoms with Gasteiger partial charge in [0.1, 0.15) is 5.60 Å². The molecule has 0 saturated carbocycles. The van der Waals surface area contributed by atoms with Gasteiger partial charge < -0.3 is 23.9 Å². The Morgan fingerprint density at radius 3 is 2.40 bits per heavy atom. The molecule has 0 unspecified atom stereocenters. The molecule has 162 valence electrons. The molecule has 0 atom stereocenters. The van der Waals surface area contributed by atoms with Crippen LogP contribution in [0.1, 0.15) is 54.0 Å². The first kappa shape index (κ1) is 22.4. The Morgan fingerprint density at radius 2 is 1.80 bits per heavy atom. The number of nitrogens with zero attached hydrogens (tertiary/aromatic N) is 1. The topological polar surface area (TPSA) is 61.7 Å². The van der Waals surface area contributed by atoms with Gasteiger partial charge in [0, 0.05) is 30.7 Å². The van der Waals surface area contributed by atoms with E-state index in [1.165, 1.54) is 0 Å². The van der Waals surface area contributed by atoms with E-state index in [0.717, 1.165) is 21.9 Å². The van der Waals surface area contributed by atoms with E-state index in [2.05, 4.69) is 34.1 Å². The largest absolute Gasteiger partial charge is 0.492 e. The highest BCUT2D eigenvalue weighted by Gasteiger charge is 2.52. The number of aromatic nitrogens is 1. The fourth-order valence-corrected chi connectivity index (χ4v) is 3.29. The van der Waals surface area contributed by atoms with Crippen molar-refractivity contribution in [3.63, 3.8) is 0 Å². The maximum absolute atomic E-state index is 12.2. The van der Waals surface area contributed by atoms with Crippen LogP contribution in [0.4, 0.5) is 4.79 Å². The summed E-state index contributed by atoms with van der Waals surface area (Å²) in [6.07, 6.45) is 3.59. The van der Waals surface area contributed by atoms with Gasteiger partial charge in [-0.25, -0.2) is 4.79 Å². The van der Waals surface area contributed by atoms with Crippen molar-refractivity contribution in [3.8, 4) is 0 Å². The molecule has 0 aliphatic carbocycles. The first-order valence-corrected chi connectivity index (χ1v) is 10.4. The third kappa shape index (κ3) is 4.90. The van der Waals surface area contributed by atoms with E-state index in [-0.39, 0.29) is 6.54 Å². The Kier molecular flexibility index (Phi) is 5.82. The van der Waals surface area contributed by atoms with E-state index in [1.807, 2.05) is 67.8 Å². The Hall–Kier alpha value is -2.25. The van der Waals surface area contributed by atoms with Gasteiger partial charge in [-0.05, 0) is 77.7 Å². The second-order valence-electron chi connectivity index (χ2n) is 9.91. The Balaban J connectivity index is 1.88. The zero-order valence-electron chi connectivity index (χ0n) is 19.3. The summed E-state index contributed by atoms with van der Waals surface area (Å²) in [4.78, 5) is 12.2. The first-order valence-electron chi connectivity index (χ1n) is 10.4. The van der Waals surface area contributed by atoms with Gasteiger partial charge in [0.25, 0.3) is 0 Å². The van der Waals surface area contributed by atoms with E-state index < -0.39 is 30.0 Å². The third-order valence-electron chi connectivity index (χ3n) is 5.65. The molecule has 1 aliphatic heterocycles. The number of amides is 1. The molecule has 1 aliphatic rings. The molecule has 1 aromatic carbocycles. The van der Waals surface area contributed by atoms with Crippen molar-refractivity contribution in [2.75, 3.05) is 6.54 Å². The van der Waals surface area contributed by atoms with Crippen LogP contribution in [0, 0.1) is 0 Å². The van der Waals surface area contributed by atoms with Gasteiger partial charge in [-0.3, -0.25) is 0 Å². The van der Waals surface area contributed by atoms with E-state index >= 15 is 0 Å². The summed E-state index contributed by atoms with van der Waals surface area (Å²) in [5, 5.41) is 3.99. The minimum atomic E-state index is -0.559. The number of fused-ring (bicyclic) bond motifs is 1. The van der Waals surface area contributed by atoms with Gasteiger partial charge in [-0.2, -0.15) is 0 Å². The minimum Gasteiger partial charge on any atom is -0.444 e. The molecule has 7 heteroatoms. The molecule has 1 fully saturated rings. The van der Waals surface area contributed by atoms with Gasteiger partial charge in [0.05, 0.1) is 11.2 Å². The molecule has 3 rings (SSSR count). The molecule has 1 amide bonds. The van der Waals surface area contributed by atoms with E-state index in [1.54, 1.807) is 0 Å². The van der Waals surface area contributed by atoms with Crippen molar-refractivity contribution in [2.24, 2.45) is 7.05 Å². The van der Waals surface area contributed by atoms with Crippen LogP contribution in [0.3, 0.4) is 0 Å². The maximum Gasteiger partial charge on any atom is 0.492 e. The second kappa shape index (κ2) is 7.78. The van der Waals surface area contributed by atoms with Crippen LogP contribution >= 0.6 is 0 Å². The smallest absolute Gasteiger partial charge is 0.444 e. The van der Waals surface area contributed by atoms with E-state index in [9.17, 15) is 4.79 Å². The zero-order valence-corrected chi connectivity index (χ0v) is 19.3. The lowest BCUT2D eigenvalue weighted by molar-refractivity contribution is 0.00578. The quantitative estimate of drug-likeness (QED) is 0.739. The van der Waals surface area contributed by atoms with Crippen molar-refractivity contribution in [2.45, 2.75) is 65.3 Å². The SMILES string of the molecule is Cn1ccc2cc(C=C(CNC(=O)OC(C)(C)C)B3OC(C)(C)C(C)(C)O3)ccc21. The number of nitrogens with one attached hydrogen (secondary N) is 1. The van der Waals surface area contributed by atoms with Crippen molar-refractivity contribution in [1.29, 1.82) is 0 Å². The summed E-state index contributed by atoms with van der Waals surface area (Å²) in [5.41, 5.74) is 1.52. The van der Waals surface area contributed by atoms with Crippen molar-refractivity contribution < 1.29 is 18.8 Å². The molecule has 2 aromatic rings. The molecular weight excluding hydrogens is 379 g/mol. The molecule has 1 saturated heterocycles. The molecule has 0 spiro atoms. The van der Waals surface area contributed by atoms with Crippen LogP contribution in [-0.2, 0) is 21.1 Å². The molecule has 0 radical (unpaired) electrons.